The highest BCUT2D eigenvalue weighted by Crippen LogP contribution is 2.22. The third kappa shape index (κ3) is 6.53. The maximum atomic E-state index is 13.4. The van der Waals surface area contributed by atoms with Crippen LogP contribution < -0.4 is 15.4 Å². The van der Waals surface area contributed by atoms with Crippen LogP contribution in [-0.2, 0) is 19.2 Å². The smallest absolute Gasteiger partial charge is 0.305 e. The second-order valence-electron chi connectivity index (χ2n) is 8.41. The molecule has 10 heteroatoms. The number of aldehydes is 1. The lowest BCUT2D eigenvalue weighted by atomic mass is 10.0. The Morgan fingerprint density at radius 2 is 1.94 bits per heavy atom. The zero-order valence-electron chi connectivity index (χ0n) is 19.3. The summed E-state index contributed by atoms with van der Waals surface area (Å²) in [5, 5.41) is 14.1. The Kier molecular flexibility index (Phi) is 8.95. The van der Waals surface area contributed by atoms with E-state index >= 15 is 0 Å². The molecule has 0 aliphatic carbocycles. The Hall–Kier alpha value is -3.43. The van der Waals surface area contributed by atoms with E-state index in [0.717, 1.165) is 5.56 Å². The molecule has 33 heavy (non-hydrogen) atoms. The van der Waals surface area contributed by atoms with E-state index in [0.29, 0.717) is 37.0 Å². The third-order valence-corrected chi connectivity index (χ3v) is 5.63. The lowest BCUT2D eigenvalue weighted by Crippen LogP contribution is -2.56. The lowest BCUT2D eigenvalue weighted by Gasteiger charge is -2.31. The number of hydrogen-bond acceptors (Lipinski definition) is 6. The Bertz CT molecular complexity index is 915. The molecule has 180 valence electrons. The molecule has 3 amide bonds. The maximum absolute atomic E-state index is 13.4. The Balaban J connectivity index is 2.17. The minimum absolute atomic E-state index is 0.258. The molecular formula is C23H31N3O7. The van der Waals surface area contributed by atoms with Gasteiger partial charge in [-0.05, 0) is 43.4 Å². The Labute approximate surface area is 192 Å². The van der Waals surface area contributed by atoms with E-state index < -0.39 is 48.2 Å². The quantitative estimate of drug-likeness (QED) is 0.440. The van der Waals surface area contributed by atoms with Gasteiger partial charge in [-0.15, -0.1) is 0 Å². The number of nitrogens with one attached hydrogen (secondary N) is 2. The standard InChI is InChI=1S/C23H31N3O7/c1-13(2)20(25-21(30)17-11-16(33-4)8-7-14(17)3)23(32)26-9-5-6-18(26)22(31)24-15(12-27)10-19(28)29/h7-8,11-13,15,18,20H,5-6,9-10H2,1-4H3,(H,24,31)(H,25,30)(H,28,29)/t15-,18-,20-/m0/s1. The molecule has 0 unspecified atom stereocenters. The summed E-state index contributed by atoms with van der Waals surface area (Å²) < 4.78 is 5.19. The van der Waals surface area contributed by atoms with Crippen molar-refractivity contribution in [3.63, 3.8) is 0 Å². The van der Waals surface area contributed by atoms with Crippen LogP contribution in [-0.4, -0.2) is 71.8 Å². The molecule has 1 aromatic rings. The predicted octanol–water partition coefficient (Wildman–Crippen LogP) is 0.907. The number of ether oxygens (including phenoxy) is 1. The summed E-state index contributed by atoms with van der Waals surface area (Å²) >= 11 is 0. The SMILES string of the molecule is COc1ccc(C)c(C(=O)N[C@H](C(=O)N2CCC[C@H]2C(=O)N[C@H](C=O)CC(=O)O)C(C)C)c1. The number of likely N-dealkylation sites (tertiary alicyclic amines) is 1. The first-order chi connectivity index (χ1) is 15.6. The van der Waals surface area contributed by atoms with Crippen molar-refractivity contribution in [3.8, 4) is 5.75 Å². The molecule has 1 saturated heterocycles. The summed E-state index contributed by atoms with van der Waals surface area (Å²) in [6, 6.07) is 2.19. The fourth-order valence-electron chi connectivity index (χ4n) is 3.79. The third-order valence-electron chi connectivity index (χ3n) is 5.63. The van der Waals surface area contributed by atoms with Crippen LogP contribution >= 0.6 is 0 Å². The molecule has 1 aliphatic heterocycles. The number of aliphatic carboxylic acids is 1. The number of nitrogens with zero attached hydrogens (tertiary/aromatic N) is 1. The summed E-state index contributed by atoms with van der Waals surface area (Å²) in [6.45, 7) is 5.68. The topological polar surface area (TPSA) is 142 Å². The van der Waals surface area contributed by atoms with Gasteiger partial charge in [0.2, 0.25) is 11.8 Å². The summed E-state index contributed by atoms with van der Waals surface area (Å²) in [7, 11) is 1.50. The maximum Gasteiger partial charge on any atom is 0.305 e. The number of aryl methyl sites for hydroxylation is 1. The van der Waals surface area contributed by atoms with Crippen LogP contribution in [0.2, 0.25) is 0 Å². The molecule has 0 bridgehead atoms. The predicted molar refractivity (Wildman–Crippen MR) is 119 cm³/mol. The van der Waals surface area contributed by atoms with Gasteiger partial charge >= 0.3 is 5.97 Å². The van der Waals surface area contributed by atoms with Gasteiger partial charge in [0.15, 0.2) is 0 Å². The van der Waals surface area contributed by atoms with E-state index in [-0.39, 0.29) is 5.92 Å². The number of carbonyl (C=O) groups excluding carboxylic acids is 4. The van der Waals surface area contributed by atoms with Crippen molar-refractivity contribution in [2.45, 2.75) is 58.2 Å². The highest BCUT2D eigenvalue weighted by atomic mass is 16.5. The molecule has 3 atom stereocenters. The summed E-state index contributed by atoms with van der Waals surface area (Å²) in [5.41, 5.74) is 1.10. The Morgan fingerprint density at radius 3 is 2.52 bits per heavy atom. The number of hydrogen-bond donors (Lipinski definition) is 3. The van der Waals surface area contributed by atoms with Crippen molar-refractivity contribution in [1.82, 2.24) is 15.5 Å². The molecule has 0 spiro atoms. The van der Waals surface area contributed by atoms with Crippen molar-refractivity contribution in [3.05, 3.63) is 29.3 Å². The van der Waals surface area contributed by atoms with Crippen molar-refractivity contribution < 1.29 is 33.8 Å². The fourth-order valence-corrected chi connectivity index (χ4v) is 3.79. The van der Waals surface area contributed by atoms with E-state index in [4.69, 9.17) is 9.84 Å². The average Bonchev–Trinajstić information content (AvgIpc) is 3.26. The van der Waals surface area contributed by atoms with E-state index in [9.17, 15) is 24.0 Å². The van der Waals surface area contributed by atoms with Crippen LogP contribution in [0, 0.1) is 12.8 Å². The van der Waals surface area contributed by atoms with Gasteiger partial charge in [-0.3, -0.25) is 19.2 Å². The number of benzene rings is 1. The van der Waals surface area contributed by atoms with Crippen LogP contribution in [0.1, 0.15) is 49.0 Å². The van der Waals surface area contributed by atoms with Gasteiger partial charge in [0.1, 0.15) is 24.1 Å². The van der Waals surface area contributed by atoms with Crippen LogP contribution in [0.3, 0.4) is 0 Å². The van der Waals surface area contributed by atoms with Crippen LogP contribution in [0.4, 0.5) is 0 Å². The molecule has 10 nitrogen and oxygen atoms in total. The summed E-state index contributed by atoms with van der Waals surface area (Å²) in [4.78, 5) is 62.4. The fraction of sp³-hybridized carbons (Fsp3) is 0.522. The van der Waals surface area contributed by atoms with Crippen molar-refractivity contribution in [1.29, 1.82) is 0 Å². The molecule has 1 fully saturated rings. The second kappa shape index (κ2) is 11.4. The molecule has 3 N–H and O–H groups in total. The number of methoxy groups -OCH3 is 1. The van der Waals surface area contributed by atoms with Crippen molar-refractivity contribution in [2.75, 3.05) is 13.7 Å². The van der Waals surface area contributed by atoms with Gasteiger partial charge in [0, 0.05) is 12.1 Å². The van der Waals surface area contributed by atoms with Gasteiger partial charge in [-0.2, -0.15) is 0 Å². The average molecular weight is 462 g/mol. The molecule has 1 aliphatic rings. The lowest BCUT2D eigenvalue weighted by molar-refractivity contribution is -0.142. The van der Waals surface area contributed by atoms with Gasteiger partial charge in [-0.1, -0.05) is 19.9 Å². The number of amides is 3. The summed E-state index contributed by atoms with van der Waals surface area (Å²) in [5.74, 6) is -2.38. The number of carboxylic acids is 1. The Morgan fingerprint density at radius 1 is 1.24 bits per heavy atom. The highest BCUT2D eigenvalue weighted by Gasteiger charge is 2.39. The first-order valence-electron chi connectivity index (χ1n) is 10.8. The largest absolute Gasteiger partial charge is 0.497 e. The van der Waals surface area contributed by atoms with Crippen LogP contribution in [0.15, 0.2) is 18.2 Å². The molecule has 1 heterocycles. The monoisotopic (exact) mass is 461 g/mol. The molecule has 1 aromatic carbocycles. The first kappa shape index (κ1) is 25.8. The van der Waals surface area contributed by atoms with Crippen LogP contribution in [0.5, 0.6) is 5.75 Å². The minimum atomic E-state index is -1.22. The van der Waals surface area contributed by atoms with Crippen LogP contribution in [0.25, 0.3) is 0 Å². The van der Waals surface area contributed by atoms with E-state index in [1.165, 1.54) is 12.0 Å². The number of carboxylic acid groups (broad SMARTS) is 1. The van der Waals surface area contributed by atoms with Gasteiger partial charge in [-0.25, -0.2) is 0 Å². The van der Waals surface area contributed by atoms with E-state index in [2.05, 4.69) is 10.6 Å². The second-order valence-corrected chi connectivity index (χ2v) is 8.41. The van der Waals surface area contributed by atoms with Crippen molar-refractivity contribution >= 4 is 30.0 Å². The highest BCUT2D eigenvalue weighted by molar-refractivity contribution is 6.00. The summed E-state index contributed by atoms with van der Waals surface area (Å²) in [6.07, 6.45) is 0.771. The molecule has 0 saturated carbocycles. The van der Waals surface area contributed by atoms with Crippen molar-refractivity contribution in [2.24, 2.45) is 5.92 Å². The first-order valence-corrected chi connectivity index (χ1v) is 10.8. The molecule has 2 rings (SSSR count). The number of carbonyl (C=O) groups is 5. The minimum Gasteiger partial charge on any atom is -0.497 e. The zero-order chi connectivity index (χ0) is 24.7. The van der Waals surface area contributed by atoms with E-state index in [1.54, 1.807) is 39.0 Å². The van der Waals surface area contributed by atoms with E-state index in [1.807, 2.05) is 0 Å². The number of rotatable bonds is 10. The van der Waals surface area contributed by atoms with Gasteiger partial charge in [0.25, 0.3) is 5.91 Å². The van der Waals surface area contributed by atoms with Gasteiger partial charge < -0.3 is 30.2 Å². The molecule has 0 aromatic heterocycles. The molecular weight excluding hydrogens is 430 g/mol. The molecule has 0 radical (unpaired) electrons. The zero-order valence-corrected chi connectivity index (χ0v) is 19.3. The normalized spacial score (nSPS) is 17.2. The van der Waals surface area contributed by atoms with Gasteiger partial charge in [0.05, 0.1) is 19.6 Å².